The van der Waals surface area contributed by atoms with Gasteiger partial charge in [-0.1, -0.05) is 26.0 Å². The molecule has 0 aliphatic carbocycles. The largest absolute Gasteiger partial charge is 0.350 e. The van der Waals surface area contributed by atoms with Gasteiger partial charge in [0.15, 0.2) is 0 Å². The van der Waals surface area contributed by atoms with E-state index < -0.39 is 0 Å². The Balaban J connectivity index is 2.58. The summed E-state index contributed by atoms with van der Waals surface area (Å²) in [6, 6.07) is 8.11. The smallest absolute Gasteiger partial charge is 0.251 e. The summed E-state index contributed by atoms with van der Waals surface area (Å²) in [6.07, 6.45) is 2.28. The van der Waals surface area contributed by atoms with E-state index in [0.717, 1.165) is 17.9 Å². The molecule has 1 rings (SSSR count). The van der Waals surface area contributed by atoms with Gasteiger partial charge in [0, 0.05) is 11.6 Å². The number of benzene rings is 1. The quantitative estimate of drug-likeness (QED) is 0.829. The molecule has 2 nitrogen and oxygen atoms in total. The van der Waals surface area contributed by atoms with Crippen molar-refractivity contribution in [3.05, 3.63) is 35.4 Å². The lowest BCUT2D eigenvalue weighted by molar-refractivity contribution is 0.0943. The maximum atomic E-state index is 11.7. The SMILES string of the molecule is CC(C)CCc1ccc(C(=O)NC(C)C)cc1. The first-order valence-corrected chi connectivity index (χ1v) is 6.39. The van der Waals surface area contributed by atoms with Crippen molar-refractivity contribution in [3.63, 3.8) is 0 Å². The Hall–Kier alpha value is -1.31. The Labute approximate surface area is 104 Å². The number of amides is 1. The molecule has 0 spiro atoms. The molecule has 1 N–H and O–H groups in total. The molecular formula is C15H23NO. The third-order valence-electron chi connectivity index (χ3n) is 2.65. The van der Waals surface area contributed by atoms with E-state index in [1.165, 1.54) is 12.0 Å². The Kier molecular flexibility index (Phi) is 5.20. The van der Waals surface area contributed by atoms with Gasteiger partial charge in [0.25, 0.3) is 5.91 Å². The van der Waals surface area contributed by atoms with Crippen molar-refractivity contribution in [3.8, 4) is 0 Å². The molecule has 0 bridgehead atoms. The molecule has 2 heteroatoms. The molecule has 1 aromatic rings. The van der Waals surface area contributed by atoms with Crippen molar-refractivity contribution < 1.29 is 4.79 Å². The fraction of sp³-hybridized carbons (Fsp3) is 0.533. The Bertz CT molecular complexity index is 352. The normalized spacial score (nSPS) is 10.9. The minimum absolute atomic E-state index is 0.00964. The highest BCUT2D eigenvalue weighted by Gasteiger charge is 2.06. The van der Waals surface area contributed by atoms with Gasteiger partial charge in [0.2, 0.25) is 0 Å². The molecule has 94 valence electrons. The van der Waals surface area contributed by atoms with E-state index in [1.807, 2.05) is 26.0 Å². The summed E-state index contributed by atoms with van der Waals surface area (Å²) >= 11 is 0. The molecule has 0 saturated carbocycles. The van der Waals surface area contributed by atoms with Crippen LogP contribution >= 0.6 is 0 Å². The zero-order valence-corrected chi connectivity index (χ0v) is 11.3. The molecule has 0 unspecified atom stereocenters. The van der Waals surface area contributed by atoms with Crippen LogP contribution in [0.5, 0.6) is 0 Å². The van der Waals surface area contributed by atoms with Crippen LogP contribution in [0.25, 0.3) is 0 Å². The van der Waals surface area contributed by atoms with E-state index in [0.29, 0.717) is 0 Å². The van der Waals surface area contributed by atoms with Crippen LogP contribution in [0.4, 0.5) is 0 Å². The van der Waals surface area contributed by atoms with Crippen molar-refractivity contribution >= 4 is 5.91 Å². The predicted molar refractivity (Wildman–Crippen MR) is 72.2 cm³/mol. The maximum Gasteiger partial charge on any atom is 0.251 e. The minimum atomic E-state index is 0.00964. The first-order chi connectivity index (χ1) is 7.99. The van der Waals surface area contributed by atoms with Crippen LogP contribution in [0.1, 0.15) is 50.0 Å². The van der Waals surface area contributed by atoms with Crippen molar-refractivity contribution in [1.29, 1.82) is 0 Å². The summed E-state index contributed by atoms with van der Waals surface area (Å²) in [6.45, 7) is 8.39. The molecule has 0 heterocycles. The van der Waals surface area contributed by atoms with E-state index in [-0.39, 0.29) is 11.9 Å². The average Bonchev–Trinajstić information content (AvgIpc) is 2.26. The van der Waals surface area contributed by atoms with Gasteiger partial charge in [-0.25, -0.2) is 0 Å². The molecule has 0 fully saturated rings. The van der Waals surface area contributed by atoms with E-state index in [9.17, 15) is 4.79 Å². The summed E-state index contributed by atoms with van der Waals surface area (Å²) in [5.41, 5.74) is 2.05. The number of rotatable bonds is 5. The molecule has 0 aliphatic heterocycles. The van der Waals surface area contributed by atoms with Crippen LogP contribution in [-0.2, 0) is 6.42 Å². The lowest BCUT2D eigenvalue weighted by Gasteiger charge is -2.09. The van der Waals surface area contributed by atoms with E-state index in [1.54, 1.807) is 0 Å². The lowest BCUT2D eigenvalue weighted by Crippen LogP contribution is -2.29. The zero-order chi connectivity index (χ0) is 12.8. The highest BCUT2D eigenvalue weighted by molar-refractivity contribution is 5.94. The van der Waals surface area contributed by atoms with E-state index in [4.69, 9.17) is 0 Å². The number of hydrogen-bond acceptors (Lipinski definition) is 1. The average molecular weight is 233 g/mol. The van der Waals surface area contributed by atoms with Crippen molar-refractivity contribution in [2.24, 2.45) is 5.92 Å². The molecule has 0 radical (unpaired) electrons. The molecule has 17 heavy (non-hydrogen) atoms. The first-order valence-electron chi connectivity index (χ1n) is 6.39. The maximum absolute atomic E-state index is 11.7. The van der Waals surface area contributed by atoms with E-state index in [2.05, 4.69) is 31.3 Å². The molecule has 0 saturated heterocycles. The summed E-state index contributed by atoms with van der Waals surface area (Å²) < 4.78 is 0. The molecule has 1 aromatic carbocycles. The highest BCUT2D eigenvalue weighted by Crippen LogP contribution is 2.10. The molecule has 0 atom stereocenters. The van der Waals surface area contributed by atoms with Crippen molar-refractivity contribution in [2.45, 2.75) is 46.6 Å². The highest BCUT2D eigenvalue weighted by atomic mass is 16.1. The second-order valence-electron chi connectivity index (χ2n) is 5.26. The summed E-state index contributed by atoms with van der Waals surface area (Å²) in [5, 5.41) is 2.89. The van der Waals surface area contributed by atoms with Crippen LogP contribution in [0.3, 0.4) is 0 Å². The zero-order valence-electron chi connectivity index (χ0n) is 11.3. The minimum Gasteiger partial charge on any atom is -0.350 e. The monoisotopic (exact) mass is 233 g/mol. The van der Waals surface area contributed by atoms with Crippen LogP contribution in [-0.4, -0.2) is 11.9 Å². The molecular weight excluding hydrogens is 210 g/mol. The Morgan fingerprint density at radius 2 is 1.71 bits per heavy atom. The van der Waals surface area contributed by atoms with Gasteiger partial charge in [-0.3, -0.25) is 4.79 Å². The van der Waals surface area contributed by atoms with Gasteiger partial charge < -0.3 is 5.32 Å². The third-order valence-corrected chi connectivity index (χ3v) is 2.65. The van der Waals surface area contributed by atoms with Crippen LogP contribution in [0, 0.1) is 5.92 Å². The van der Waals surface area contributed by atoms with Crippen LogP contribution in [0.2, 0.25) is 0 Å². The van der Waals surface area contributed by atoms with Gasteiger partial charge >= 0.3 is 0 Å². The standard InChI is InChI=1S/C15H23NO/c1-11(2)5-6-13-7-9-14(10-8-13)15(17)16-12(3)4/h7-12H,5-6H2,1-4H3,(H,16,17). The summed E-state index contributed by atoms with van der Waals surface area (Å²) in [4.78, 5) is 11.7. The summed E-state index contributed by atoms with van der Waals surface area (Å²) in [5.74, 6) is 0.731. The predicted octanol–water partition coefficient (Wildman–Crippen LogP) is 3.41. The molecule has 0 aliphatic rings. The lowest BCUT2D eigenvalue weighted by atomic mass is 10.0. The second-order valence-corrected chi connectivity index (χ2v) is 5.26. The number of carbonyl (C=O) groups is 1. The molecule has 1 amide bonds. The Morgan fingerprint density at radius 3 is 2.18 bits per heavy atom. The molecule has 0 aromatic heterocycles. The third kappa shape index (κ3) is 5.03. The first kappa shape index (κ1) is 13.8. The second kappa shape index (κ2) is 6.43. The van der Waals surface area contributed by atoms with Gasteiger partial charge in [0.1, 0.15) is 0 Å². The summed E-state index contributed by atoms with van der Waals surface area (Å²) in [7, 11) is 0. The number of aryl methyl sites for hydroxylation is 1. The van der Waals surface area contributed by atoms with Gasteiger partial charge in [-0.2, -0.15) is 0 Å². The van der Waals surface area contributed by atoms with Gasteiger partial charge in [-0.05, 0) is 50.3 Å². The number of carbonyl (C=O) groups excluding carboxylic acids is 1. The van der Waals surface area contributed by atoms with Crippen LogP contribution in [0.15, 0.2) is 24.3 Å². The fourth-order valence-corrected chi connectivity index (χ4v) is 1.62. The van der Waals surface area contributed by atoms with Crippen LogP contribution < -0.4 is 5.32 Å². The number of nitrogens with one attached hydrogen (secondary N) is 1. The van der Waals surface area contributed by atoms with Crippen molar-refractivity contribution in [1.82, 2.24) is 5.32 Å². The van der Waals surface area contributed by atoms with Gasteiger partial charge in [-0.15, -0.1) is 0 Å². The Morgan fingerprint density at radius 1 is 1.12 bits per heavy atom. The topological polar surface area (TPSA) is 29.1 Å². The fourth-order valence-electron chi connectivity index (χ4n) is 1.62. The van der Waals surface area contributed by atoms with Crippen molar-refractivity contribution in [2.75, 3.05) is 0 Å². The van der Waals surface area contributed by atoms with Gasteiger partial charge in [0.05, 0.1) is 0 Å². The number of hydrogen-bond donors (Lipinski definition) is 1. The van der Waals surface area contributed by atoms with E-state index >= 15 is 0 Å².